The fourth-order valence-electron chi connectivity index (χ4n) is 3.02. The van der Waals surface area contributed by atoms with Crippen molar-refractivity contribution >= 4 is 0 Å². The Bertz CT molecular complexity index is 425. The summed E-state index contributed by atoms with van der Waals surface area (Å²) in [5.41, 5.74) is 2.64. The van der Waals surface area contributed by atoms with Gasteiger partial charge in [-0.1, -0.05) is 20.8 Å². The van der Waals surface area contributed by atoms with E-state index in [2.05, 4.69) is 32.2 Å². The molecule has 2 rings (SSSR count). The molecule has 19 heavy (non-hydrogen) atoms. The third-order valence-corrected chi connectivity index (χ3v) is 4.00. The molecule has 0 bridgehead atoms. The summed E-state index contributed by atoms with van der Waals surface area (Å²) in [5.74, 6) is 2.99. The number of methoxy groups -OCH3 is 2. The van der Waals surface area contributed by atoms with Gasteiger partial charge in [0.1, 0.15) is 11.5 Å². The quantitative estimate of drug-likeness (QED) is 0.904. The van der Waals surface area contributed by atoms with Crippen LogP contribution in [-0.2, 0) is 6.54 Å². The Hall–Kier alpha value is -1.22. The Labute approximate surface area is 116 Å². The molecule has 0 saturated heterocycles. The standard InChI is InChI=1S/C16H25NO2/c1-10(2)6-14-11(3)16-12(9-17-14)7-13(18-4)8-15(16)19-5/h7-8,10-11,14,17H,6,9H2,1-5H3. The van der Waals surface area contributed by atoms with Crippen LogP contribution in [0.4, 0.5) is 0 Å². The molecule has 0 saturated carbocycles. The molecule has 2 atom stereocenters. The predicted octanol–water partition coefficient (Wildman–Crippen LogP) is 3.33. The van der Waals surface area contributed by atoms with Crippen molar-refractivity contribution in [1.29, 1.82) is 0 Å². The zero-order chi connectivity index (χ0) is 14.0. The second-order valence-electron chi connectivity index (χ2n) is 5.81. The first-order valence-corrected chi connectivity index (χ1v) is 7.05. The van der Waals surface area contributed by atoms with Gasteiger partial charge >= 0.3 is 0 Å². The molecule has 3 nitrogen and oxygen atoms in total. The van der Waals surface area contributed by atoms with Gasteiger partial charge in [0.05, 0.1) is 14.2 Å². The summed E-state index contributed by atoms with van der Waals surface area (Å²) < 4.78 is 10.9. The highest BCUT2D eigenvalue weighted by Gasteiger charge is 2.29. The van der Waals surface area contributed by atoms with E-state index >= 15 is 0 Å². The fraction of sp³-hybridized carbons (Fsp3) is 0.625. The lowest BCUT2D eigenvalue weighted by Gasteiger charge is -2.34. The second-order valence-corrected chi connectivity index (χ2v) is 5.81. The molecular formula is C16H25NO2. The molecule has 0 radical (unpaired) electrons. The molecule has 0 amide bonds. The predicted molar refractivity (Wildman–Crippen MR) is 78.0 cm³/mol. The monoisotopic (exact) mass is 263 g/mol. The molecule has 1 aliphatic heterocycles. The number of rotatable bonds is 4. The Kier molecular flexibility index (Phi) is 4.35. The average molecular weight is 263 g/mol. The topological polar surface area (TPSA) is 30.5 Å². The van der Waals surface area contributed by atoms with Gasteiger partial charge < -0.3 is 14.8 Å². The van der Waals surface area contributed by atoms with Gasteiger partial charge in [-0.15, -0.1) is 0 Å². The van der Waals surface area contributed by atoms with Crippen LogP contribution >= 0.6 is 0 Å². The van der Waals surface area contributed by atoms with Crippen molar-refractivity contribution in [2.24, 2.45) is 5.92 Å². The molecule has 106 valence electrons. The number of hydrogen-bond donors (Lipinski definition) is 1. The van der Waals surface area contributed by atoms with E-state index in [9.17, 15) is 0 Å². The molecule has 0 aromatic heterocycles. The maximum Gasteiger partial charge on any atom is 0.126 e. The molecule has 3 heteroatoms. The molecule has 0 aliphatic carbocycles. The van der Waals surface area contributed by atoms with Crippen molar-refractivity contribution in [3.8, 4) is 11.5 Å². The van der Waals surface area contributed by atoms with Crippen molar-refractivity contribution in [2.45, 2.75) is 45.7 Å². The first-order chi connectivity index (χ1) is 9.06. The molecule has 0 fully saturated rings. The van der Waals surface area contributed by atoms with E-state index in [1.54, 1.807) is 14.2 Å². The number of hydrogen-bond acceptors (Lipinski definition) is 3. The lowest BCUT2D eigenvalue weighted by molar-refractivity contribution is 0.335. The summed E-state index contributed by atoms with van der Waals surface area (Å²) in [6.07, 6.45) is 1.19. The SMILES string of the molecule is COc1cc2c(c(OC)c1)C(C)C(CC(C)C)NC2. The van der Waals surface area contributed by atoms with Gasteiger partial charge in [0, 0.05) is 30.1 Å². The number of benzene rings is 1. The van der Waals surface area contributed by atoms with E-state index in [0.717, 1.165) is 18.0 Å². The molecule has 1 aromatic rings. The Morgan fingerprint density at radius 2 is 2.00 bits per heavy atom. The van der Waals surface area contributed by atoms with Crippen molar-refractivity contribution in [3.05, 3.63) is 23.3 Å². The van der Waals surface area contributed by atoms with Crippen LogP contribution in [0.5, 0.6) is 11.5 Å². The van der Waals surface area contributed by atoms with Gasteiger partial charge in [-0.25, -0.2) is 0 Å². The summed E-state index contributed by atoms with van der Waals surface area (Å²) in [6.45, 7) is 7.72. The van der Waals surface area contributed by atoms with Gasteiger partial charge in [-0.05, 0) is 24.0 Å². The first kappa shape index (κ1) is 14.2. The van der Waals surface area contributed by atoms with Crippen molar-refractivity contribution in [3.63, 3.8) is 0 Å². The molecular weight excluding hydrogens is 238 g/mol. The zero-order valence-electron chi connectivity index (χ0n) is 12.6. The minimum atomic E-state index is 0.465. The Morgan fingerprint density at radius 1 is 1.26 bits per heavy atom. The number of nitrogens with one attached hydrogen (secondary N) is 1. The second kappa shape index (κ2) is 5.83. The number of ether oxygens (including phenoxy) is 2. The van der Waals surface area contributed by atoms with Crippen LogP contribution < -0.4 is 14.8 Å². The maximum atomic E-state index is 5.57. The normalized spacial score (nSPS) is 22.2. The molecule has 1 N–H and O–H groups in total. The highest BCUT2D eigenvalue weighted by Crippen LogP contribution is 2.39. The molecule has 0 spiro atoms. The van der Waals surface area contributed by atoms with E-state index in [-0.39, 0.29) is 0 Å². The highest BCUT2D eigenvalue weighted by molar-refractivity contribution is 5.50. The summed E-state index contributed by atoms with van der Waals surface area (Å²) in [5, 5.41) is 3.65. The van der Waals surface area contributed by atoms with E-state index in [4.69, 9.17) is 9.47 Å². The minimum absolute atomic E-state index is 0.465. The van der Waals surface area contributed by atoms with Crippen LogP contribution in [0.25, 0.3) is 0 Å². The van der Waals surface area contributed by atoms with Gasteiger partial charge in [0.15, 0.2) is 0 Å². The van der Waals surface area contributed by atoms with Crippen LogP contribution in [0.2, 0.25) is 0 Å². The smallest absolute Gasteiger partial charge is 0.126 e. The van der Waals surface area contributed by atoms with Crippen molar-refractivity contribution in [1.82, 2.24) is 5.32 Å². The van der Waals surface area contributed by atoms with Crippen LogP contribution in [0, 0.1) is 5.92 Å². The van der Waals surface area contributed by atoms with Crippen molar-refractivity contribution in [2.75, 3.05) is 14.2 Å². The zero-order valence-corrected chi connectivity index (χ0v) is 12.6. The Balaban J connectivity index is 2.36. The third-order valence-electron chi connectivity index (χ3n) is 4.00. The van der Waals surface area contributed by atoms with Gasteiger partial charge in [0.2, 0.25) is 0 Å². The molecule has 2 unspecified atom stereocenters. The summed E-state index contributed by atoms with van der Waals surface area (Å²) in [7, 11) is 3.43. The summed E-state index contributed by atoms with van der Waals surface area (Å²) >= 11 is 0. The van der Waals surface area contributed by atoms with E-state index in [1.165, 1.54) is 17.5 Å². The van der Waals surface area contributed by atoms with Crippen LogP contribution in [0.15, 0.2) is 12.1 Å². The van der Waals surface area contributed by atoms with Gasteiger partial charge in [-0.3, -0.25) is 0 Å². The Morgan fingerprint density at radius 3 is 2.58 bits per heavy atom. The fourth-order valence-corrected chi connectivity index (χ4v) is 3.02. The third kappa shape index (κ3) is 2.86. The van der Waals surface area contributed by atoms with Crippen LogP contribution in [-0.4, -0.2) is 20.3 Å². The van der Waals surface area contributed by atoms with Crippen molar-refractivity contribution < 1.29 is 9.47 Å². The number of fused-ring (bicyclic) bond motifs is 1. The van der Waals surface area contributed by atoms with Crippen LogP contribution in [0.1, 0.15) is 44.2 Å². The molecule has 1 aromatic carbocycles. The van der Waals surface area contributed by atoms with E-state index in [1.807, 2.05) is 6.07 Å². The average Bonchev–Trinajstić information content (AvgIpc) is 2.40. The lowest BCUT2D eigenvalue weighted by atomic mass is 9.82. The summed E-state index contributed by atoms with van der Waals surface area (Å²) in [4.78, 5) is 0. The summed E-state index contributed by atoms with van der Waals surface area (Å²) in [6, 6.07) is 4.63. The lowest BCUT2D eigenvalue weighted by Crippen LogP contribution is -2.39. The molecule has 1 heterocycles. The van der Waals surface area contributed by atoms with Gasteiger partial charge in [-0.2, -0.15) is 0 Å². The van der Waals surface area contributed by atoms with Gasteiger partial charge in [0.25, 0.3) is 0 Å². The van der Waals surface area contributed by atoms with E-state index in [0.29, 0.717) is 17.9 Å². The maximum absolute atomic E-state index is 5.57. The molecule has 1 aliphatic rings. The van der Waals surface area contributed by atoms with E-state index < -0.39 is 0 Å². The minimum Gasteiger partial charge on any atom is -0.497 e. The van der Waals surface area contributed by atoms with Crippen LogP contribution in [0.3, 0.4) is 0 Å². The highest BCUT2D eigenvalue weighted by atomic mass is 16.5. The largest absolute Gasteiger partial charge is 0.497 e. The first-order valence-electron chi connectivity index (χ1n) is 7.05.